The first-order chi connectivity index (χ1) is 11.8. The van der Waals surface area contributed by atoms with Crippen LogP contribution >= 0.6 is 0 Å². The molecule has 3 aromatic carbocycles. The molecule has 1 aliphatic rings. The average Bonchev–Trinajstić information content (AvgIpc) is 2.65. The molecule has 120 valence electrons. The molecular formula is C21H18O3. The molecule has 0 bridgehead atoms. The Balaban J connectivity index is 2.00. The fraction of sp³-hybridized carbons (Fsp3) is 0.143. The zero-order valence-corrected chi connectivity index (χ0v) is 13.7. The molecule has 4 rings (SSSR count). The lowest BCUT2D eigenvalue weighted by Crippen LogP contribution is -2.12. The van der Waals surface area contributed by atoms with Crippen LogP contribution in [0.4, 0.5) is 0 Å². The monoisotopic (exact) mass is 318 g/mol. The first-order valence-electron chi connectivity index (χ1n) is 7.89. The molecule has 0 aromatic heterocycles. The zero-order valence-electron chi connectivity index (χ0n) is 13.7. The van der Waals surface area contributed by atoms with Crippen molar-refractivity contribution in [1.82, 2.24) is 0 Å². The highest BCUT2D eigenvalue weighted by molar-refractivity contribution is 5.64. The summed E-state index contributed by atoms with van der Waals surface area (Å²) < 4.78 is 17.2. The molecule has 0 saturated carbocycles. The van der Waals surface area contributed by atoms with Gasteiger partial charge in [-0.3, -0.25) is 0 Å². The third kappa shape index (κ3) is 2.29. The molecule has 1 heterocycles. The van der Waals surface area contributed by atoms with Crippen LogP contribution < -0.4 is 14.2 Å². The van der Waals surface area contributed by atoms with Crippen molar-refractivity contribution in [3.05, 3.63) is 83.4 Å². The van der Waals surface area contributed by atoms with Crippen molar-refractivity contribution >= 4 is 0 Å². The van der Waals surface area contributed by atoms with E-state index in [-0.39, 0.29) is 5.92 Å². The van der Waals surface area contributed by atoms with Gasteiger partial charge in [-0.1, -0.05) is 48.5 Å². The van der Waals surface area contributed by atoms with Gasteiger partial charge in [-0.2, -0.15) is 0 Å². The minimum absolute atomic E-state index is 0.0788. The molecule has 0 N–H and O–H groups in total. The van der Waals surface area contributed by atoms with Gasteiger partial charge in [0, 0.05) is 23.1 Å². The van der Waals surface area contributed by atoms with Crippen molar-refractivity contribution in [1.29, 1.82) is 0 Å². The maximum atomic E-state index is 6.17. The van der Waals surface area contributed by atoms with Crippen molar-refractivity contribution in [3.63, 3.8) is 0 Å². The van der Waals surface area contributed by atoms with Crippen LogP contribution in [0.1, 0.15) is 22.6 Å². The van der Waals surface area contributed by atoms with Crippen LogP contribution in [0.25, 0.3) is 0 Å². The topological polar surface area (TPSA) is 27.7 Å². The van der Waals surface area contributed by atoms with Crippen molar-refractivity contribution < 1.29 is 14.2 Å². The molecule has 3 aromatic rings. The van der Waals surface area contributed by atoms with Crippen LogP contribution in [-0.4, -0.2) is 14.2 Å². The lowest BCUT2D eigenvalue weighted by molar-refractivity contribution is 0.360. The Labute approximate surface area is 141 Å². The molecular weight excluding hydrogens is 300 g/mol. The summed E-state index contributed by atoms with van der Waals surface area (Å²) in [6.07, 6.45) is 0. The van der Waals surface area contributed by atoms with Gasteiger partial charge in [0.25, 0.3) is 0 Å². The summed E-state index contributed by atoms with van der Waals surface area (Å²) in [6.45, 7) is 0. The molecule has 1 atom stereocenters. The maximum Gasteiger partial charge on any atom is 0.173 e. The van der Waals surface area contributed by atoms with Gasteiger partial charge in [-0.25, -0.2) is 0 Å². The number of hydrogen-bond donors (Lipinski definition) is 0. The Bertz CT molecular complexity index is 872. The van der Waals surface area contributed by atoms with Gasteiger partial charge in [-0.05, 0) is 17.7 Å². The van der Waals surface area contributed by atoms with Crippen molar-refractivity contribution in [2.24, 2.45) is 0 Å². The normalized spacial score (nSPS) is 15.0. The van der Waals surface area contributed by atoms with Gasteiger partial charge in [0.2, 0.25) is 0 Å². The van der Waals surface area contributed by atoms with Crippen molar-refractivity contribution in [3.8, 4) is 23.0 Å². The van der Waals surface area contributed by atoms with E-state index in [2.05, 4.69) is 30.3 Å². The third-order valence-electron chi connectivity index (χ3n) is 4.40. The van der Waals surface area contributed by atoms with Crippen molar-refractivity contribution in [2.75, 3.05) is 14.2 Å². The fourth-order valence-electron chi connectivity index (χ4n) is 3.28. The summed E-state index contributed by atoms with van der Waals surface area (Å²) in [4.78, 5) is 0. The fourth-order valence-corrected chi connectivity index (χ4v) is 3.28. The smallest absolute Gasteiger partial charge is 0.173 e. The Morgan fingerprint density at radius 2 is 1.54 bits per heavy atom. The van der Waals surface area contributed by atoms with E-state index in [1.54, 1.807) is 14.2 Å². The van der Waals surface area contributed by atoms with Gasteiger partial charge in [0.05, 0.1) is 14.2 Å². The third-order valence-corrected chi connectivity index (χ3v) is 4.40. The Morgan fingerprint density at radius 1 is 0.792 bits per heavy atom. The Kier molecular flexibility index (Phi) is 3.62. The number of methoxy groups -OCH3 is 2. The van der Waals surface area contributed by atoms with E-state index in [4.69, 9.17) is 14.2 Å². The highest BCUT2D eigenvalue weighted by Crippen LogP contribution is 2.51. The molecule has 3 heteroatoms. The van der Waals surface area contributed by atoms with E-state index >= 15 is 0 Å². The standard InChI is InChI=1S/C21H18O3/c1-22-15-12-17-20(14-8-4-3-5-9-14)16-10-6-7-11-18(16)24-21(17)19(13-15)23-2/h3-13,20H,1-2H3. The van der Waals surface area contributed by atoms with Crippen molar-refractivity contribution in [2.45, 2.75) is 5.92 Å². The van der Waals surface area contributed by atoms with Gasteiger partial charge in [0.15, 0.2) is 11.5 Å². The number of rotatable bonds is 3. The van der Waals surface area contributed by atoms with Gasteiger partial charge in [-0.15, -0.1) is 0 Å². The summed E-state index contributed by atoms with van der Waals surface area (Å²) in [6, 6.07) is 22.5. The van der Waals surface area contributed by atoms with Crippen LogP contribution in [0.5, 0.6) is 23.0 Å². The summed E-state index contributed by atoms with van der Waals surface area (Å²) in [5, 5.41) is 0. The summed E-state index contributed by atoms with van der Waals surface area (Å²) in [5.41, 5.74) is 3.41. The molecule has 0 fully saturated rings. The SMILES string of the molecule is COc1cc(OC)c2c(c1)C(c1ccccc1)c1ccccc1O2. The molecule has 0 radical (unpaired) electrons. The van der Waals surface area contributed by atoms with Crippen LogP contribution in [0.15, 0.2) is 66.7 Å². The molecule has 0 aliphatic carbocycles. The number of fused-ring (bicyclic) bond motifs is 2. The minimum atomic E-state index is 0.0788. The molecule has 1 aliphatic heterocycles. The van der Waals surface area contributed by atoms with Crippen LogP contribution in [0.2, 0.25) is 0 Å². The second-order valence-electron chi connectivity index (χ2n) is 5.73. The molecule has 0 spiro atoms. The predicted molar refractivity (Wildman–Crippen MR) is 93.4 cm³/mol. The molecule has 1 unspecified atom stereocenters. The number of hydrogen-bond acceptors (Lipinski definition) is 3. The molecule has 24 heavy (non-hydrogen) atoms. The van der Waals surface area contributed by atoms with Gasteiger partial charge >= 0.3 is 0 Å². The molecule has 0 amide bonds. The quantitative estimate of drug-likeness (QED) is 0.532. The van der Waals surface area contributed by atoms with E-state index in [0.29, 0.717) is 5.75 Å². The largest absolute Gasteiger partial charge is 0.497 e. The second kappa shape index (κ2) is 5.93. The molecule has 3 nitrogen and oxygen atoms in total. The summed E-state index contributed by atoms with van der Waals surface area (Å²) in [5.74, 6) is 3.14. The van der Waals surface area contributed by atoms with Crippen LogP contribution in [0, 0.1) is 0 Å². The van der Waals surface area contributed by atoms with Gasteiger partial charge in [0.1, 0.15) is 11.5 Å². The number of para-hydroxylation sites is 1. The van der Waals surface area contributed by atoms with E-state index < -0.39 is 0 Å². The zero-order chi connectivity index (χ0) is 16.5. The number of benzene rings is 3. The van der Waals surface area contributed by atoms with E-state index in [9.17, 15) is 0 Å². The Morgan fingerprint density at radius 3 is 2.29 bits per heavy atom. The maximum absolute atomic E-state index is 6.17. The minimum Gasteiger partial charge on any atom is -0.497 e. The highest BCUT2D eigenvalue weighted by Gasteiger charge is 2.31. The molecule has 0 saturated heterocycles. The summed E-state index contributed by atoms with van der Waals surface area (Å²) in [7, 11) is 3.31. The van der Waals surface area contributed by atoms with E-state index in [1.165, 1.54) is 5.56 Å². The Hall–Kier alpha value is -2.94. The van der Waals surface area contributed by atoms with Gasteiger partial charge < -0.3 is 14.2 Å². The predicted octanol–water partition coefficient (Wildman–Crippen LogP) is 4.99. The van der Waals surface area contributed by atoms with Crippen LogP contribution in [0.3, 0.4) is 0 Å². The lowest BCUT2D eigenvalue weighted by atomic mass is 9.82. The van der Waals surface area contributed by atoms with Crippen LogP contribution in [-0.2, 0) is 0 Å². The summed E-state index contributed by atoms with van der Waals surface area (Å²) >= 11 is 0. The second-order valence-corrected chi connectivity index (χ2v) is 5.73. The number of ether oxygens (including phenoxy) is 3. The highest BCUT2D eigenvalue weighted by atomic mass is 16.5. The first-order valence-corrected chi connectivity index (χ1v) is 7.89. The first kappa shape index (κ1) is 14.6. The van der Waals surface area contributed by atoms with E-state index in [1.807, 2.05) is 36.4 Å². The average molecular weight is 318 g/mol. The van der Waals surface area contributed by atoms with E-state index in [0.717, 1.165) is 28.4 Å². The lowest BCUT2D eigenvalue weighted by Gasteiger charge is -2.30.